The van der Waals surface area contributed by atoms with Crippen molar-refractivity contribution in [2.75, 3.05) is 5.32 Å². The Hall–Kier alpha value is -3.15. The van der Waals surface area contributed by atoms with Crippen LogP contribution in [-0.2, 0) is 16.0 Å². The molecule has 0 aliphatic carbocycles. The number of benzene rings is 2. The second-order valence-corrected chi connectivity index (χ2v) is 6.23. The third-order valence-electron chi connectivity index (χ3n) is 4.33. The highest BCUT2D eigenvalue weighted by Crippen LogP contribution is 2.21. The number of carbonyl (C=O) groups is 2. The normalized spacial score (nSPS) is 16.5. The summed E-state index contributed by atoms with van der Waals surface area (Å²) in [6.07, 6.45) is 1.13. The number of hydrogen-bond donors (Lipinski definition) is 3. The molecule has 3 rings (SSSR count). The number of anilines is 1. The average Bonchev–Trinajstić information content (AvgIpc) is 2.91. The number of aliphatic hydroxyl groups is 1. The molecule has 6 heteroatoms. The summed E-state index contributed by atoms with van der Waals surface area (Å²) in [5.74, 6) is -1.97. The molecule has 26 heavy (non-hydrogen) atoms. The molecular formula is C20H19FN2O3. The van der Waals surface area contributed by atoms with Crippen LogP contribution in [0, 0.1) is 12.7 Å². The zero-order valence-electron chi connectivity index (χ0n) is 14.3. The van der Waals surface area contributed by atoms with E-state index in [1.54, 1.807) is 6.92 Å². The van der Waals surface area contributed by atoms with Gasteiger partial charge in [-0.1, -0.05) is 30.3 Å². The van der Waals surface area contributed by atoms with Gasteiger partial charge in [0.25, 0.3) is 11.8 Å². The van der Waals surface area contributed by atoms with Crippen molar-refractivity contribution < 1.29 is 19.1 Å². The van der Waals surface area contributed by atoms with E-state index < -0.39 is 17.9 Å². The van der Waals surface area contributed by atoms with Gasteiger partial charge in [0.1, 0.15) is 17.1 Å². The van der Waals surface area contributed by atoms with Gasteiger partial charge >= 0.3 is 0 Å². The second-order valence-electron chi connectivity index (χ2n) is 6.23. The van der Waals surface area contributed by atoms with Gasteiger partial charge in [0.15, 0.2) is 0 Å². The molecule has 3 N–H and O–H groups in total. The van der Waals surface area contributed by atoms with Crippen molar-refractivity contribution in [3.8, 4) is 0 Å². The van der Waals surface area contributed by atoms with E-state index in [0.717, 1.165) is 5.56 Å². The first-order valence-electron chi connectivity index (χ1n) is 8.31. The minimum absolute atomic E-state index is 0.262. The number of carbonyl (C=O) groups excluding carboxylic acids is 2. The van der Waals surface area contributed by atoms with Gasteiger partial charge in [0.2, 0.25) is 0 Å². The summed E-state index contributed by atoms with van der Waals surface area (Å²) in [5, 5.41) is 15.5. The Balaban J connectivity index is 1.70. The molecule has 1 atom stereocenters. The van der Waals surface area contributed by atoms with Crippen molar-refractivity contribution in [1.82, 2.24) is 5.32 Å². The lowest BCUT2D eigenvalue weighted by molar-refractivity contribution is -0.120. The van der Waals surface area contributed by atoms with Crippen molar-refractivity contribution in [2.45, 2.75) is 25.8 Å². The predicted molar refractivity (Wildman–Crippen MR) is 96.1 cm³/mol. The highest BCUT2D eigenvalue weighted by Gasteiger charge is 2.35. The minimum Gasteiger partial charge on any atom is -0.509 e. The molecule has 2 aromatic rings. The Morgan fingerprint density at radius 1 is 1.23 bits per heavy atom. The van der Waals surface area contributed by atoms with E-state index in [4.69, 9.17) is 0 Å². The molecular weight excluding hydrogens is 335 g/mol. The lowest BCUT2D eigenvalue weighted by Gasteiger charge is -2.10. The highest BCUT2D eigenvalue weighted by atomic mass is 19.1. The lowest BCUT2D eigenvalue weighted by atomic mass is 10.0. The predicted octanol–water partition coefficient (Wildman–Crippen LogP) is 3.02. The van der Waals surface area contributed by atoms with Gasteiger partial charge in [-0.25, -0.2) is 4.39 Å². The SMILES string of the molecule is Cc1cc(NC(=O)C2=C(O)C(CCc3ccccc3)NC2=O)ccc1F. The number of rotatable bonds is 5. The fourth-order valence-corrected chi connectivity index (χ4v) is 2.89. The number of nitrogens with one attached hydrogen (secondary N) is 2. The molecule has 1 unspecified atom stereocenters. The molecule has 0 fully saturated rings. The van der Waals surface area contributed by atoms with Crippen LogP contribution in [0.5, 0.6) is 0 Å². The molecule has 1 aliphatic rings. The summed E-state index contributed by atoms with van der Waals surface area (Å²) in [4.78, 5) is 24.5. The van der Waals surface area contributed by atoms with Crippen LogP contribution in [0.2, 0.25) is 0 Å². The standard InChI is InChI=1S/C20H19FN2O3/c1-12-11-14(8-9-15(12)21)22-19(25)17-18(24)16(23-20(17)26)10-7-13-5-3-2-4-6-13/h2-6,8-9,11,16,24H,7,10H2,1H3,(H,22,25)(H,23,26). The van der Waals surface area contributed by atoms with Crippen molar-refractivity contribution in [3.63, 3.8) is 0 Å². The molecule has 0 aromatic heterocycles. The van der Waals surface area contributed by atoms with Crippen LogP contribution in [0.3, 0.4) is 0 Å². The highest BCUT2D eigenvalue weighted by molar-refractivity contribution is 6.24. The van der Waals surface area contributed by atoms with E-state index in [9.17, 15) is 19.1 Å². The number of hydrogen-bond acceptors (Lipinski definition) is 3. The summed E-state index contributed by atoms with van der Waals surface area (Å²) in [6, 6.07) is 13.2. The van der Waals surface area contributed by atoms with E-state index >= 15 is 0 Å². The monoisotopic (exact) mass is 354 g/mol. The third-order valence-corrected chi connectivity index (χ3v) is 4.33. The van der Waals surface area contributed by atoms with Gasteiger partial charge in [-0.05, 0) is 49.1 Å². The van der Waals surface area contributed by atoms with Crippen molar-refractivity contribution in [3.05, 3.63) is 76.8 Å². The number of amides is 2. The first-order valence-corrected chi connectivity index (χ1v) is 8.31. The Labute approximate surface area is 150 Å². The van der Waals surface area contributed by atoms with Crippen LogP contribution in [0.15, 0.2) is 59.9 Å². The van der Waals surface area contributed by atoms with Crippen molar-refractivity contribution >= 4 is 17.5 Å². The maximum absolute atomic E-state index is 13.3. The van der Waals surface area contributed by atoms with Gasteiger partial charge in [-0.15, -0.1) is 0 Å². The third kappa shape index (κ3) is 3.74. The van der Waals surface area contributed by atoms with Crippen molar-refractivity contribution in [2.24, 2.45) is 0 Å². The fraction of sp³-hybridized carbons (Fsp3) is 0.200. The molecule has 2 amide bonds. The molecule has 5 nitrogen and oxygen atoms in total. The van der Waals surface area contributed by atoms with E-state index in [-0.39, 0.29) is 17.1 Å². The summed E-state index contributed by atoms with van der Waals surface area (Å²) < 4.78 is 13.3. The molecule has 0 saturated heterocycles. The summed E-state index contributed by atoms with van der Waals surface area (Å²) in [5.41, 5.74) is 1.51. The van der Waals surface area contributed by atoms with Gasteiger partial charge in [0, 0.05) is 5.69 Å². The van der Waals surface area contributed by atoms with Crippen LogP contribution in [0.1, 0.15) is 17.5 Å². The second kappa shape index (κ2) is 7.39. The number of aryl methyl sites for hydroxylation is 2. The van der Waals surface area contributed by atoms with E-state index in [2.05, 4.69) is 10.6 Å². The van der Waals surface area contributed by atoms with Crippen molar-refractivity contribution in [1.29, 1.82) is 0 Å². The van der Waals surface area contributed by atoms with E-state index in [1.165, 1.54) is 18.2 Å². The Morgan fingerprint density at radius 2 is 1.96 bits per heavy atom. The van der Waals surface area contributed by atoms with Gasteiger partial charge in [0.05, 0.1) is 6.04 Å². The lowest BCUT2D eigenvalue weighted by Crippen LogP contribution is -2.30. The van der Waals surface area contributed by atoms with E-state index in [0.29, 0.717) is 24.1 Å². The Kier molecular flexibility index (Phi) is 5.02. The van der Waals surface area contributed by atoms with Gasteiger partial charge in [-0.2, -0.15) is 0 Å². The first kappa shape index (κ1) is 17.7. The molecule has 2 aromatic carbocycles. The molecule has 0 spiro atoms. The molecule has 134 valence electrons. The topological polar surface area (TPSA) is 78.4 Å². The molecule has 1 heterocycles. The summed E-state index contributed by atoms with van der Waals surface area (Å²) >= 11 is 0. The molecule has 0 bridgehead atoms. The van der Waals surface area contributed by atoms with Crippen LogP contribution in [-0.4, -0.2) is 23.0 Å². The fourth-order valence-electron chi connectivity index (χ4n) is 2.89. The summed E-state index contributed by atoms with van der Waals surface area (Å²) in [6.45, 7) is 1.57. The maximum Gasteiger partial charge on any atom is 0.264 e. The molecule has 0 saturated carbocycles. The average molecular weight is 354 g/mol. The van der Waals surface area contributed by atoms with E-state index in [1.807, 2.05) is 30.3 Å². The number of aliphatic hydroxyl groups excluding tert-OH is 1. The zero-order valence-corrected chi connectivity index (χ0v) is 14.3. The quantitative estimate of drug-likeness (QED) is 0.722. The number of halogens is 1. The van der Waals surface area contributed by atoms with Gasteiger partial charge < -0.3 is 15.7 Å². The van der Waals surface area contributed by atoms with Crippen LogP contribution >= 0.6 is 0 Å². The molecule has 1 aliphatic heterocycles. The van der Waals surface area contributed by atoms with Crippen LogP contribution < -0.4 is 10.6 Å². The maximum atomic E-state index is 13.3. The zero-order chi connectivity index (χ0) is 18.7. The largest absolute Gasteiger partial charge is 0.509 e. The molecule has 0 radical (unpaired) electrons. The minimum atomic E-state index is -0.715. The first-order chi connectivity index (χ1) is 12.5. The Bertz CT molecular complexity index is 878. The summed E-state index contributed by atoms with van der Waals surface area (Å²) in [7, 11) is 0. The van der Waals surface area contributed by atoms with Crippen LogP contribution in [0.25, 0.3) is 0 Å². The smallest absolute Gasteiger partial charge is 0.264 e. The van der Waals surface area contributed by atoms with Crippen LogP contribution in [0.4, 0.5) is 10.1 Å². The van der Waals surface area contributed by atoms with Gasteiger partial charge in [-0.3, -0.25) is 9.59 Å². The Morgan fingerprint density at radius 3 is 2.65 bits per heavy atom.